The third-order valence-corrected chi connectivity index (χ3v) is 4.49. The number of aromatic nitrogens is 2. The molecule has 0 spiro atoms. The summed E-state index contributed by atoms with van der Waals surface area (Å²) in [4.78, 5) is 16.9. The first-order valence-corrected chi connectivity index (χ1v) is 8.86. The number of imidazole rings is 1. The van der Waals surface area contributed by atoms with E-state index in [1.54, 1.807) is 41.1 Å². The fourth-order valence-corrected chi connectivity index (χ4v) is 2.97. The van der Waals surface area contributed by atoms with Crippen molar-refractivity contribution in [3.05, 3.63) is 96.1 Å². The van der Waals surface area contributed by atoms with E-state index in [0.717, 1.165) is 11.1 Å². The summed E-state index contributed by atoms with van der Waals surface area (Å²) in [5.41, 5.74) is 3.37. The van der Waals surface area contributed by atoms with Gasteiger partial charge in [-0.05, 0) is 42.0 Å². The largest absolute Gasteiger partial charge is 0.387 e. The molecule has 0 aliphatic rings. The highest BCUT2D eigenvalue weighted by Gasteiger charge is 2.12. The molecular formula is C22H18FN3O2. The molecule has 0 bridgehead atoms. The Labute approximate surface area is 161 Å². The normalized spacial score (nSPS) is 12.1. The molecule has 1 atom stereocenters. The zero-order valence-electron chi connectivity index (χ0n) is 14.9. The van der Waals surface area contributed by atoms with E-state index in [4.69, 9.17) is 0 Å². The molecule has 2 aromatic heterocycles. The summed E-state index contributed by atoms with van der Waals surface area (Å²) in [7, 11) is 0. The van der Waals surface area contributed by atoms with Crippen LogP contribution in [0.1, 0.15) is 22.0 Å². The molecule has 1 amide bonds. The minimum Gasteiger partial charge on any atom is -0.387 e. The van der Waals surface area contributed by atoms with Crippen LogP contribution in [0.5, 0.6) is 0 Å². The number of rotatable bonds is 5. The van der Waals surface area contributed by atoms with Crippen molar-refractivity contribution in [2.24, 2.45) is 0 Å². The Kier molecular flexibility index (Phi) is 4.87. The summed E-state index contributed by atoms with van der Waals surface area (Å²) in [5, 5.41) is 12.9. The minimum absolute atomic E-state index is 0.117. The third-order valence-electron chi connectivity index (χ3n) is 4.49. The van der Waals surface area contributed by atoms with Crippen molar-refractivity contribution in [1.82, 2.24) is 14.7 Å². The third kappa shape index (κ3) is 3.77. The molecule has 0 unspecified atom stereocenters. The van der Waals surface area contributed by atoms with Crippen molar-refractivity contribution >= 4 is 11.6 Å². The number of carbonyl (C=O) groups is 1. The number of hydrogen-bond acceptors (Lipinski definition) is 3. The van der Waals surface area contributed by atoms with E-state index in [9.17, 15) is 14.3 Å². The fourth-order valence-electron chi connectivity index (χ4n) is 2.97. The van der Waals surface area contributed by atoms with Crippen LogP contribution in [-0.4, -0.2) is 26.9 Å². The van der Waals surface area contributed by atoms with Crippen LogP contribution in [0.15, 0.2) is 79.1 Å². The van der Waals surface area contributed by atoms with E-state index in [0.29, 0.717) is 16.9 Å². The molecule has 0 saturated carbocycles. The number of hydrogen-bond donors (Lipinski definition) is 2. The number of aliphatic hydroxyl groups excluding tert-OH is 1. The molecule has 5 nitrogen and oxygen atoms in total. The SMILES string of the molecule is O=C(NC[C@H](O)c1ccccc1)c1ccc2nc(-c3ccc(F)cc3)cn2c1. The molecule has 28 heavy (non-hydrogen) atoms. The Hall–Kier alpha value is -3.51. The van der Waals surface area contributed by atoms with Crippen LogP contribution in [0.2, 0.25) is 0 Å². The number of fused-ring (bicyclic) bond motifs is 1. The summed E-state index contributed by atoms with van der Waals surface area (Å²) in [6.07, 6.45) is 2.70. The average molecular weight is 375 g/mol. The van der Waals surface area contributed by atoms with Gasteiger partial charge in [-0.1, -0.05) is 30.3 Å². The predicted molar refractivity (Wildman–Crippen MR) is 104 cm³/mol. The Morgan fingerprint density at radius 1 is 1.04 bits per heavy atom. The molecule has 4 aromatic rings. The summed E-state index contributed by atoms with van der Waals surface area (Å²) >= 11 is 0. The Balaban J connectivity index is 1.49. The number of pyridine rings is 1. The number of amides is 1. The summed E-state index contributed by atoms with van der Waals surface area (Å²) < 4.78 is 14.8. The zero-order valence-corrected chi connectivity index (χ0v) is 14.9. The lowest BCUT2D eigenvalue weighted by molar-refractivity contribution is 0.0916. The molecule has 0 saturated heterocycles. The van der Waals surface area contributed by atoms with E-state index in [-0.39, 0.29) is 18.3 Å². The van der Waals surface area contributed by atoms with Crippen LogP contribution in [0, 0.1) is 5.82 Å². The van der Waals surface area contributed by atoms with Gasteiger partial charge < -0.3 is 14.8 Å². The molecule has 2 heterocycles. The van der Waals surface area contributed by atoms with E-state index < -0.39 is 6.10 Å². The van der Waals surface area contributed by atoms with Crippen molar-refractivity contribution in [3.8, 4) is 11.3 Å². The molecule has 0 fully saturated rings. The first-order valence-electron chi connectivity index (χ1n) is 8.86. The molecule has 2 aromatic carbocycles. The Morgan fingerprint density at radius 3 is 2.54 bits per heavy atom. The molecular weight excluding hydrogens is 357 g/mol. The average Bonchev–Trinajstić information content (AvgIpc) is 3.16. The maximum absolute atomic E-state index is 13.1. The summed E-state index contributed by atoms with van der Waals surface area (Å²) in [5.74, 6) is -0.585. The summed E-state index contributed by atoms with van der Waals surface area (Å²) in [6.45, 7) is 0.117. The van der Waals surface area contributed by atoms with Gasteiger partial charge in [0.2, 0.25) is 0 Å². The van der Waals surface area contributed by atoms with E-state index in [2.05, 4.69) is 10.3 Å². The van der Waals surface area contributed by atoms with Gasteiger partial charge in [0, 0.05) is 24.5 Å². The van der Waals surface area contributed by atoms with Gasteiger partial charge in [0.1, 0.15) is 11.5 Å². The molecule has 6 heteroatoms. The van der Waals surface area contributed by atoms with Gasteiger partial charge in [0.15, 0.2) is 0 Å². The van der Waals surface area contributed by atoms with Gasteiger partial charge in [-0.15, -0.1) is 0 Å². The predicted octanol–water partition coefficient (Wildman–Crippen LogP) is 3.60. The van der Waals surface area contributed by atoms with E-state index >= 15 is 0 Å². The lowest BCUT2D eigenvalue weighted by Crippen LogP contribution is -2.28. The van der Waals surface area contributed by atoms with Crippen LogP contribution < -0.4 is 5.32 Å². The van der Waals surface area contributed by atoms with Gasteiger partial charge in [0.05, 0.1) is 17.4 Å². The number of aliphatic hydroxyl groups is 1. The smallest absolute Gasteiger partial charge is 0.252 e. The number of nitrogens with zero attached hydrogens (tertiary/aromatic N) is 2. The number of carbonyl (C=O) groups excluding carboxylic acids is 1. The number of benzene rings is 2. The second-order valence-electron chi connectivity index (χ2n) is 6.45. The second kappa shape index (κ2) is 7.62. The van der Waals surface area contributed by atoms with Gasteiger partial charge in [-0.25, -0.2) is 9.37 Å². The lowest BCUT2D eigenvalue weighted by atomic mass is 10.1. The number of nitrogens with one attached hydrogen (secondary N) is 1. The Morgan fingerprint density at radius 2 is 1.79 bits per heavy atom. The van der Waals surface area contributed by atoms with Crippen molar-refractivity contribution in [1.29, 1.82) is 0 Å². The zero-order chi connectivity index (χ0) is 19.5. The van der Waals surface area contributed by atoms with Gasteiger partial charge in [-0.3, -0.25) is 4.79 Å². The molecule has 2 N–H and O–H groups in total. The quantitative estimate of drug-likeness (QED) is 0.560. The lowest BCUT2D eigenvalue weighted by Gasteiger charge is -2.12. The van der Waals surface area contributed by atoms with Crippen molar-refractivity contribution < 1.29 is 14.3 Å². The standard InChI is InChI=1S/C22H18FN3O2/c23-18-9-6-15(7-10-18)19-14-26-13-17(8-11-21(26)25-19)22(28)24-12-20(27)16-4-2-1-3-5-16/h1-11,13-14,20,27H,12H2,(H,24,28)/t20-/m0/s1. The van der Waals surface area contributed by atoms with E-state index in [1.165, 1.54) is 12.1 Å². The maximum Gasteiger partial charge on any atom is 0.252 e. The molecule has 4 rings (SSSR count). The second-order valence-corrected chi connectivity index (χ2v) is 6.45. The van der Waals surface area contributed by atoms with Crippen molar-refractivity contribution in [3.63, 3.8) is 0 Å². The van der Waals surface area contributed by atoms with Gasteiger partial charge in [-0.2, -0.15) is 0 Å². The Bertz CT molecular complexity index is 1110. The monoisotopic (exact) mass is 375 g/mol. The van der Waals surface area contributed by atoms with Crippen LogP contribution in [0.4, 0.5) is 4.39 Å². The van der Waals surface area contributed by atoms with Crippen LogP contribution >= 0.6 is 0 Å². The van der Waals surface area contributed by atoms with Crippen molar-refractivity contribution in [2.75, 3.05) is 6.54 Å². The van der Waals surface area contributed by atoms with Crippen LogP contribution in [0.25, 0.3) is 16.9 Å². The topological polar surface area (TPSA) is 66.6 Å². The maximum atomic E-state index is 13.1. The van der Waals surface area contributed by atoms with E-state index in [1.807, 2.05) is 30.3 Å². The molecule has 0 radical (unpaired) electrons. The number of halogens is 1. The minimum atomic E-state index is -0.771. The highest BCUT2D eigenvalue weighted by atomic mass is 19.1. The highest BCUT2D eigenvalue weighted by molar-refractivity contribution is 5.94. The summed E-state index contributed by atoms with van der Waals surface area (Å²) in [6, 6.07) is 18.7. The van der Waals surface area contributed by atoms with Gasteiger partial charge >= 0.3 is 0 Å². The molecule has 0 aliphatic carbocycles. The molecule has 0 aliphatic heterocycles. The van der Waals surface area contributed by atoms with Crippen LogP contribution in [0.3, 0.4) is 0 Å². The van der Waals surface area contributed by atoms with Crippen molar-refractivity contribution in [2.45, 2.75) is 6.10 Å². The highest BCUT2D eigenvalue weighted by Crippen LogP contribution is 2.20. The molecule has 140 valence electrons. The first kappa shape index (κ1) is 17.9. The van der Waals surface area contributed by atoms with Gasteiger partial charge in [0.25, 0.3) is 5.91 Å². The fraction of sp³-hybridized carbons (Fsp3) is 0.0909. The first-order chi connectivity index (χ1) is 13.6. The van der Waals surface area contributed by atoms with Crippen LogP contribution in [-0.2, 0) is 0 Å².